The summed E-state index contributed by atoms with van der Waals surface area (Å²) in [5.41, 5.74) is 0.629. The van der Waals surface area contributed by atoms with E-state index >= 15 is 0 Å². The average Bonchev–Trinajstić information content (AvgIpc) is 2.86. The number of hydrogen-bond acceptors (Lipinski definition) is 4. The minimum atomic E-state index is -0.699. The highest BCUT2D eigenvalue weighted by atomic mass is 19.1. The van der Waals surface area contributed by atoms with Gasteiger partial charge in [0.15, 0.2) is 5.71 Å². The van der Waals surface area contributed by atoms with Crippen LogP contribution in [0.5, 0.6) is 0 Å². The van der Waals surface area contributed by atoms with Gasteiger partial charge < -0.3 is 10.2 Å². The monoisotopic (exact) mass is 322 g/mol. The number of nitrogens with one attached hydrogen (secondary N) is 1. The summed E-state index contributed by atoms with van der Waals surface area (Å²) in [6.45, 7) is 1.68. The van der Waals surface area contributed by atoms with Crippen molar-refractivity contribution in [2.45, 2.75) is 13.5 Å². The maximum atomic E-state index is 13.9. The topological polar surface area (TPSA) is 68.5 Å². The number of hydrogen-bond donors (Lipinski definition) is 1. The first-order valence-corrected chi connectivity index (χ1v) is 6.78. The van der Waals surface area contributed by atoms with Gasteiger partial charge in [0.1, 0.15) is 24.4 Å². The number of aromatic nitrogens is 2. The molecule has 1 N–H and O–H groups in total. The van der Waals surface area contributed by atoms with E-state index in [-0.39, 0.29) is 23.5 Å². The molecule has 0 aliphatic rings. The summed E-state index contributed by atoms with van der Waals surface area (Å²) in [4.78, 5) is 16.3. The van der Waals surface area contributed by atoms with Gasteiger partial charge >= 0.3 is 0 Å². The smallest absolute Gasteiger partial charge is 0.270 e. The number of benzene rings is 1. The van der Waals surface area contributed by atoms with E-state index < -0.39 is 17.5 Å². The first-order chi connectivity index (χ1) is 11.0. The van der Waals surface area contributed by atoms with Crippen LogP contribution < -0.4 is 5.32 Å². The van der Waals surface area contributed by atoms with E-state index in [9.17, 15) is 13.6 Å². The minimum absolute atomic E-state index is 0.00439. The Morgan fingerprint density at radius 1 is 1.39 bits per heavy atom. The summed E-state index contributed by atoms with van der Waals surface area (Å²) >= 11 is 0. The lowest BCUT2D eigenvalue weighted by molar-refractivity contribution is -0.114. The number of aryl methyl sites for hydroxylation is 1. The Labute approximate surface area is 131 Å². The van der Waals surface area contributed by atoms with Crippen LogP contribution in [0.1, 0.15) is 5.56 Å². The van der Waals surface area contributed by atoms with Gasteiger partial charge in [-0.3, -0.25) is 9.48 Å². The molecule has 0 saturated carbocycles. The van der Waals surface area contributed by atoms with Gasteiger partial charge in [0.05, 0.1) is 12.1 Å². The first kappa shape index (κ1) is 16.6. The highest BCUT2D eigenvalue weighted by Crippen LogP contribution is 2.27. The molecule has 0 aliphatic heterocycles. The molecular formula is C15H16F2N4O2. The normalized spacial score (nSPS) is 11.4. The van der Waals surface area contributed by atoms with Crippen LogP contribution in [0.3, 0.4) is 0 Å². The summed E-state index contributed by atoms with van der Waals surface area (Å²) in [5, 5.41) is 10.2. The third-order valence-electron chi connectivity index (χ3n) is 3.15. The second kappa shape index (κ2) is 6.99. The van der Waals surface area contributed by atoms with Crippen LogP contribution in [-0.2, 0) is 16.2 Å². The van der Waals surface area contributed by atoms with E-state index in [1.54, 1.807) is 13.1 Å². The molecule has 1 aromatic carbocycles. The fourth-order valence-corrected chi connectivity index (χ4v) is 2.12. The van der Waals surface area contributed by atoms with E-state index in [1.165, 1.54) is 37.0 Å². The van der Waals surface area contributed by atoms with Crippen LogP contribution >= 0.6 is 0 Å². The molecule has 1 amide bonds. The molecule has 8 heteroatoms. The number of amides is 1. The maximum Gasteiger partial charge on any atom is 0.270 e. The third kappa shape index (κ3) is 3.53. The SMILES string of the molecule is CNC(=O)C(Cn1cc(C)c(-c2c(F)cccc2F)n1)=NOC. The van der Waals surface area contributed by atoms with Crippen molar-refractivity contribution in [3.05, 3.63) is 41.6 Å². The van der Waals surface area contributed by atoms with E-state index in [0.29, 0.717) is 5.56 Å². The predicted molar refractivity (Wildman–Crippen MR) is 80.8 cm³/mol. The number of nitrogens with zero attached hydrogens (tertiary/aromatic N) is 3. The largest absolute Gasteiger partial charge is 0.399 e. The Kier molecular flexibility index (Phi) is 5.05. The number of oxime groups is 1. The maximum absolute atomic E-state index is 13.9. The van der Waals surface area contributed by atoms with Crippen LogP contribution in [0.15, 0.2) is 29.6 Å². The highest BCUT2D eigenvalue weighted by molar-refractivity contribution is 6.38. The molecule has 0 aliphatic carbocycles. The third-order valence-corrected chi connectivity index (χ3v) is 3.15. The highest BCUT2D eigenvalue weighted by Gasteiger charge is 2.18. The standard InChI is InChI=1S/C15H16F2N4O2/c1-9-7-21(8-12(20-23-3)15(22)18-2)19-14(9)13-10(16)5-4-6-11(13)17/h4-7H,8H2,1-3H3,(H,18,22). The zero-order valence-corrected chi connectivity index (χ0v) is 12.9. The van der Waals surface area contributed by atoms with E-state index in [1.807, 2.05) is 0 Å². The van der Waals surface area contributed by atoms with Crippen molar-refractivity contribution >= 4 is 11.6 Å². The van der Waals surface area contributed by atoms with Crippen molar-refractivity contribution in [2.24, 2.45) is 5.16 Å². The lowest BCUT2D eigenvalue weighted by Gasteiger charge is -2.05. The first-order valence-electron chi connectivity index (χ1n) is 6.78. The van der Waals surface area contributed by atoms with Crippen LogP contribution in [0.2, 0.25) is 0 Å². The number of rotatable bonds is 5. The van der Waals surface area contributed by atoms with Crippen molar-refractivity contribution in [2.75, 3.05) is 14.2 Å². The quantitative estimate of drug-likeness (QED) is 0.675. The van der Waals surface area contributed by atoms with Crippen LogP contribution in [0, 0.1) is 18.6 Å². The molecule has 2 aromatic rings. The van der Waals surface area contributed by atoms with Gasteiger partial charge in [0, 0.05) is 13.2 Å². The molecule has 0 atom stereocenters. The molecule has 122 valence electrons. The lowest BCUT2D eigenvalue weighted by Crippen LogP contribution is -2.31. The molecule has 0 fully saturated rings. The zero-order chi connectivity index (χ0) is 17.0. The molecule has 2 rings (SSSR count). The second-order valence-corrected chi connectivity index (χ2v) is 4.75. The van der Waals surface area contributed by atoms with E-state index in [2.05, 4.69) is 20.4 Å². The van der Waals surface area contributed by atoms with Crippen LogP contribution in [0.25, 0.3) is 11.3 Å². The Morgan fingerprint density at radius 2 is 2.04 bits per heavy atom. The molecule has 0 unspecified atom stereocenters. The molecular weight excluding hydrogens is 306 g/mol. The van der Waals surface area contributed by atoms with Gasteiger partial charge in [-0.05, 0) is 24.6 Å². The van der Waals surface area contributed by atoms with Gasteiger partial charge in [0.2, 0.25) is 0 Å². The zero-order valence-electron chi connectivity index (χ0n) is 12.9. The van der Waals surface area contributed by atoms with Crippen LogP contribution in [-0.4, -0.2) is 35.6 Å². The second-order valence-electron chi connectivity index (χ2n) is 4.75. The van der Waals surface area contributed by atoms with Crippen molar-refractivity contribution in [3.63, 3.8) is 0 Å². The molecule has 6 nitrogen and oxygen atoms in total. The minimum Gasteiger partial charge on any atom is -0.399 e. The van der Waals surface area contributed by atoms with Gasteiger partial charge in [-0.1, -0.05) is 11.2 Å². The molecule has 0 spiro atoms. The Balaban J connectivity index is 2.39. The summed E-state index contributed by atoms with van der Waals surface area (Å²) in [6, 6.07) is 3.62. The molecule has 1 heterocycles. The molecule has 0 saturated heterocycles. The van der Waals surface area contributed by atoms with Crippen molar-refractivity contribution < 1.29 is 18.4 Å². The number of carbonyl (C=O) groups excluding carboxylic acids is 1. The van der Waals surface area contributed by atoms with E-state index in [4.69, 9.17) is 0 Å². The van der Waals surface area contributed by atoms with Gasteiger partial charge in [-0.2, -0.15) is 5.10 Å². The molecule has 1 aromatic heterocycles. The molecule has 0 radical (unpaired) electrons. The molecule has 23 heavy (non-hydrogen) atoms. The number of carbonyl (C=O) groups is 1. The molecule has 0 bridgehead atoms. The Morgan fingerprint density at radius 3 is 2.61 bits per heavy atom. The number of halogens is 2. The summed E-state index contributed by atoms with van der Waals surface area (Å²) in [6.07, 6.45) is 1.58. The van der Waals surface area contributed by atoms with Crippen molar-refractivity contribution in [3.8, 4) is 11.3 Å². The lowest BCUT2D eigenvalue weighted by atomic mass is 10.1. The predicted octanol–water partition coefficient (Wildman–Crippen LogP) is 1.89. The van der Waals surface area contributed by atoms with Crippen molar-refractivity contribution in [1.82, 2.24) is 15.1 Å². The van der Waals surface area contributed by atoms with Crippen LogP contribution in [0.4, 0.5) is 8.78 Å². The fraction of sp³-hybridized carbons (Fsp3) is 0.267. The Hall–Kier alpha value is -2.77. The summed E-state index contributed by atoms with van der Waals surface area (Å²) in [7, 11) is 2.78. The van der Waals surface area contributed by atoms with Gasteiger partial charge in [-0.15, -0.1) is 0 Å². The van der Waals surface area contributed by atoms with E-state index in [0.717, 1.165) is 0 Å². The van der Waals surface area contributed by atoms with Gasteiger partial charge in [0.25, 0.3) is 5.91 Å². The van der Waals surface area contributed by atoms with Crippen molar-refractivity contribution in [1.29, 1.82) is 0 Å². The van der Waals surface area contributed by atoms with Gasteiger partial charge in [-0.25, -0.2) is 8.78 Å². The Bertz CT molecular complexity index is 736. The average molecular weight is 322 g/mol. The summed E-state index contributed by atoms with van der Waals surface area (Å²) in [5.74, 6) is -1.83. The fourth-order valence-electron chi connectivity index (χ4n) is 2.12. The summed E-state index contributed by atoms with van der Waals surface area (Å²) < 4.78 is 29.2.